The largest absolute Gasteiger partial charge is 0.507 e. The molecule has 1 fully saturated rings. The van der Waals surface area contributed by atoms with Crippen molar-refractivity contribution in [2.24, 2.45) is 5.92 Å². The van der Waals surface area contributed by atoms with Crippen molar-refractivity contribution >= 4 is 34.7 Å². The van der Waals surface area contributed by atoms with Gasteiger partial charge in [0.2, 0.25) is 5.91 Å². The number of anilines is 2. The molecule has 0 bridgehead atoms. The highest BCUT2D eigenvalue weighted by atomic mass is 16.5. The maximum atomic E-state index is 13.6. The first-order valence-corrected chi connectivity index (χ1v) is 13.8. The summed E-state index contributed by atoms with van der Waals surface area (Å²) in [5.41, 5.74) is 3.82. The van der Waals surface area contributed by atoms with Crippen molar-refractivity contribution in [2.45, 2.75) is 59.9 Å². The normalized spacial score (nSPS) is 16.8. The lowest BCUT2D eigenvalue weighted by Crippen LogP contribution is -2.29. The summed E-state index contributed by atoms with van der Waals surface area (Å²) in [6.45, 7) is 14.3. The van der Waals surface area contributed by atoms with Gasteiger partial charge >= 0.3 is 0 Å². The van der Waals surface area contributed by atoms with Gasteiger partial charge in [-0.1, -0.05) is 65.0 Å². The molecule has 7 nitrogen and oxygen atoms in total. The quantitative estimate of drug-likeness (QED) is 0.188. The lowest BCUT2D eigenvalue weighted by molar-refractivity contribution is -0.132. The minimum atomic E-state index is -0.881. The number of carbonyl (C=O) groups excluding carboxylic acids is 3. The van der Waals surface area contributed by atoms with E-state index in [4.69, 9.17) is 4.74 Å². The Kier molecular flexibility index (Phi) is 8.38. The second kappa shape index (κ2) is 11.6. The molecular weight excluding hydrogens is 516 g/mol. The smallest absolute Gasteiger partial charge is 0.300 e. The lowest BCUT2D eigenvalue weighted by Gasteiger charge is -2.27. The van der Waals surface area contributed by atoms with Gasteiger partial charge in [0.15, 0.2) is 0 Å². The summed E-state index contributed by atoms with van der Waals surface area (Å²) in [5, 5.41) is 14.3. The Morgan fingerprint density at radius 3 is 2.29 bits per heavy atom. The first-order valence-electron chi connectivity index (χ1n) is 13.8. The van der Waals surface area contributed by atoms with Crippen LogP contribution in [0.1, 0.15) is 69.8 Å². The summed E-state index contributed by atoms with van der Waals surface area (Å²) < 4.78 is 5.88. The molecule has 0 aliphatic carbocycles. The van der Waals surface area contributed by atoms with E-state index in [1.165, 1.54) is 11.8 Å². The summed E-state index contributed by atoms with van der Waals surface area (Å²) in [4.78, 5) is 40.3. The fraction of sp³-hybridized carbons (Fsp3) is 0.324. The van der Waals surface area contributed by atoms with Crippen LogP contribution in [-0.2, 0) is 19.8 Å². The predicted octanol–water partition coefficient (Wildman–Crippen LogP) is 6.91. The van der Waals surface area contributed by atoms with Crippen LogP contribution in [0.4, 0.5) is 11.4 Å². The standard InChI is InChI=1S/C34H38N2O5/c1-20(2)19-41-28-16-13-24(17-21(28)3)31(38)29-30(23-11-14-25(15-12-23)34(5,6)7)36(33(40)32(29)39)27-10-8-9-26(18-27)35-22(4)37/h8-18,20,30,38H,19H2,1-7H3,(H,35,37)/b31-29+. The fourth-order valence-corrected chi connectivity index (χ4v) is 4.89. The van der Waals surface area contributed by atoms with Crippen molar-refractivity contribution in [3.63, 3.8) is 0 Å². The molecule has 3 aromatic carbocycles. The van der Waals surface area contributed by atoms with Crippen molar-refractivity contribution < 1.29 is 24.2 Å². The van der Waals surface area contributed by atoms with E-state index in [0.717, 1.165) is 11.1 Å². The average molecular weight is 555 g/mol. The van der Waals surface area contributed by atoms with Crippen LogP contribution in [0, 0.1) is 12.8 Å². The summed E-state index contributed by atoms with van der Waals surface area (Å²) in [6, 6.07) is 18.9. The summed E-state index contributed by atoms with van der Waals surface area (Å²) in [7, 11) is 0. The number of carbonyl (C=O) groups is 3. The number of benzene rings is 3. The Labute approximate surface area is 241 Å². The number of ether oxygens (including phenoxy) is 1. The molecule has 1 heterocycles. The molecule has 1 aliphatic heterocycles. The van der Waals surface area contributed by atoms with Gasteiger partial charge in [0.05, 0.1) is 18.2 Å². The number of nitrogens with zero attached hydrogens (tertiary/aromatic N) is 1. The van der Waals surface area contributed by atoms with Crippen LogP contribution < -0.4 is 15.0 Å². The maximum Gasteiger partial charge on any atom is 0.300 e. The van der Waals surface area contributed by atoms with Gasteiger partial charge < -0.3 is 15.2 Å². The number of aryl methyl sites for hydroxylation is 1. The number of aliphatic hydroxyl groups excluding tert-OH is 1. The van der Waals surface area contributed by atoms with E-state index in [-0.39, 0.29) is 22.7 Å². The molecule has 4 rings (SSSR count). The van der Waals surface area contributed by atoms with Crippen molar-refractivity contribution in [1.29, 1.82) is 0 Å². The van der Waals surface area contributed by atoms with E-state index < -0.39 is 17.7 Å². The Bertz CT molecular complexity index is 1510. The molecule has 1 aliphatic rings. The molecule has 214 valence electrons. The predicted molar refractivity (Wildman–Crippen MR) is 162 cm³/mol. The van der Waals surface area contributed by atoms with Crippen LogP contribution in [0.2, 0.25) is 0 Å². The molecule has 2 amide bonds. The van der Waals surface area contributed by atoms with Gasteiger partial charge in [-0.3, -0.25) is 19.3 Å². The van der Waals surface area contributed by atoms with Gasteiger partial charge in [-0.15, -0.1) is 0 Å². The zero-order chi connectivity index (χ0) is 30.1. The minimum absolute atomic E-state index is 0.00122. The lowest BCUT2D eigenvalue weighted by atomic mass is 9.85. The number of nitrogens with one attached hydrogen (secondary N) is 1. The second-order valence-electron chi connectivity index (χ2n) is 12.0. The van der Waals surface area contributed by atoms with Crippen molar-refractivity contribution in [3.05, 3.63) is 94.6 Å². The van der Waals surface area contributed by atoms with Crippen LogP contribution >= 0.6 is 0 Å². The van der Waals surface area contributed by atoms with Crippen LogP contribution in [0.5, 0.6) is 5.75 Å². The number of hydrogen-bond donors (Lipinski definition) is 2. The molecule has 2 N–H and O–H groups in total. The Balaban J connectivity index is 1.87. The van der Waals surface area contributed by atoms with Crippen LogP contribution in [0.3, 0.4) is 0 Å². The number of ketones is 1. The van der Waals surface area contributed by atoms with Crippen molar-refractivity contribution in [3.8, 4) is 5.75 Å². The summed E-state index contributed by atoms with van der Waals surface area (Å²) in [5.74, 6) is -1.01. The minimum Gasteiger partial charge on any atom is -0.507 e. The Hall–Kier alpha value is -4.39. The molecule has 3 aromatic rings. The molecule has 41 heavy (non-hydrogen) atoms. The Morgan fingerprint density at radius 1 is 1.02 bits per heavy atom. The van der Waals surface area contributed by atoms with E-state index >= 15 is 0 Å². The Morgan fingerprint density at radius 2 is 1.71 bits per heavy atom. The maximum absolute atomic E-state index is 13.6. The van der Waals surface area contributed by atoms with Gasteiger partial charge in [0, 0.05) is 23.9 Å². The van der Waals surface area contributed by atoms with Crippen LogP contribution in [-0.4, -0.2) is 29.3 Å². The third-order valence-corrected chi connectivity index (χ3v) is 7.00. The van der Waals surface area contributed by atoms with Gasteiger partial charge in [0.25, 0.3) is 11.7 Å². The van der Waals surface area contributed by atoms with E-state index in [2.05, 4.69) is 39.9 Å². The average Bonchev–Trinajstić information content (AvgIpc) is 3.17. The number of amides is 2. The van der Waals surface area contributed by atoms with Gasteiger partial charge in [-0.05, 0) is 71.3 Å². The number of rotatable bonds is 7. The van der Waals surface area contributed by atoms with Crippen LogP contribution in [0.15, 0.2) is 72.3 Å². The highest BCUT2D eigenvalue weighted by Gasteiger charge is 2.47. The van der Waals surface area contributed by atoms with E-state index in [1.54, 1.807) is 42.5 Å². The molecule has 0 radical (unpaired) electrons. The molecular formula is C34H38N2O5. The first-order chi connectivity index (χ1) is 19.3. The third kappa shape index (κ3) is 6.35. The summed E-state index contributed by atoms with van der Waals surface area (Å²) in [6.07, 6.45) is 0. The first kappa shape index (κ1) is 29.6. The monoisotopic (exact) mass is 554 g/mol. The molecule has 0 aromatic heterocycles. The molecule has 1 unspecified atom stereocenters. The zero-order valence-corrected chi connectivity index (χ0v) is 24.7. The molecule has 1 saturated heterocycles. The van der Waals surface area contributed by atoms with Gasteiger partial charge in [-0.2, -0.15) is 0 Å². The molecule has 0 saturated carbocycles. The number of hydrogen-bond acceptors (Lipinski definition) is 5. The molecule has 7 heteroatoms. The highest BCUT2D eigenvalue weighted by molar-refractivity contribution is 6.51. The SMILES string of the molecule is CC(=O)Nc1cccc(N2C(=O)C(=O)/C(=C(/O)c3ccc(OCC(C)C)c(C)c3)C2c2ccc(C(C)(C)C)cc2)c1. The zero-order valence-electron chi connectivity index (χ0n) is 24.7. The van der Waals surface area contributed by atoms with Gasteiger partial charge in [0.1, 0.15) is 11.5 Å². The highest BCUT2D eigenvalue weighted by Crippen LogP contribution is 2.43. The van der Waals surface area contributed by atoms with Crippen molar-refractivity contribution in [1.82, 2.24) is 0 Å². The van der Waals surface area contributed by atoms with Crippen LogP contribution in [0.25, 0.3) is 5.76 Å². The molecule has 1 atom stereocenters. The van der Waals surface area contributed by atoms with E-state index in [9.17, 15) is 19.5 Å². The second-order valence-corrected chi connectivity index (χ2v) is 12.0. The number of aliphatic hydroxyl groups is 1. The van der Waals surface area contributed by atoms with E-state index in [0.29, 0.717) is 40.8 Å². The van der Waals surface area contributed by atoms with Gasteiger partial charge in [-0.25, -0.2) is 0 Å². The van der Waals surface area contributed by atoms with E-state index in [1.807, 2.05) is 31.2 Å². The fourth-order valence-electron chi connectivity index (χ4n) is 4.89. The van der Waals surface area contributed by atoms with Crippen molar-refractivity contribution in [2.75, 3.05) is 16.8 Å². The molecule has 0 spiro atoms. The number of Topliss-reactive ketones (excluding diaryl/α,β-unsaturated/α-hetero) is 1. The topological polar surface area (TPSA) is 95.9 Å². The third-order valence-electron chi connectivity index (χ3n) is 7.00. The summed E-state index contributed by atoms with van der Waals surface area (Å²) >= 11 is 0.